The predicted molar refractivity (Wildman–Crippen MR) is 64.3 cm³/mol. The molecule has 0 bridgehead atoms. The predicted octanol–water partition coefficient (Wildman–Crippen LogP) is 1.97. The van der Waals surface area contributed by atoms with E-state index in [1.54, 1.807) is 6.92 Å². The fourth-order valence-electron chi connectivity index (χ4n) is 1.37. The Morgan fingerprint density at radius 3 is 2.53 bits per heavy atom. The molecule has 0 aliphatic heterocycles. The zero-order valence-corrected chi connectivity index (χ0v) is 10.4. The van der Waals surface area contributed by atoms with Gasteiger partial charge >= 0.3 is 0 Å². The first-order chi connectivity index (χ1) is 7.02. The van der Waals surface area contributed by atoms with Gasteiger partial charge in [0.1, 0.15) is 0 Å². The number of hydrogen-bond acceptors (Lipinski definition) is 2. The summed E-state index contributed by atoms with van der Waals surface area (Å²) < 4.78 is 1.03. The maximum atomic E-state index is 10.9. The quantitative estimate of drug-likeness (QED) is 0.879. The SMILES string of the molecule is CC(NC(C)c1ccccc1Br)C(N)=O. The lowest BCUT2D eigenvalue weighted by Gasteiger charge is -2.19. The minimum atomic E-state index is -0.339. The van der Waals surface area contributed by atoms with Crippen LogP contribution in [0, 0.1) is 0 Å². The highest BCUT2D eigenvalue weighted by atomic mass is 79.9. The molecule has 0 radical (unpaired) electrons. The largest absolute Gasteiger partial charge is 0.368 e. The molecule has 0 fully saturated rings. The van der Waals surface area contributed by atoms with E-state index in [1.807, 2.05) is 31.2 Å². The molecule has 1 rings (SSSR count). The average molecular weight is 271 g/mol. The van der Waals surface area contributed by atoms with Crippen molar-refractivity contribution in [1.29, 1.82) is 0 Å². The summed E-state index contributed by atoms with van der Waals surface area (Å²) in [5, 5.41) is 3.13. The van der Waals surface area contributed by atoms with E-state index in [1.165, 1.54) is 0 Å². The summed E-state index contributed by atoms with van der Waals surface area (Å²) in [7, 11) is 0. The summed E-state index contributed by atoms with van der Waals surface area (Å²) in [5.74, 6) is -0.339. The standard InChI is InChI=1S/C11H15BrN2O/c1-7(14-8(2)11(13)15)9-5-3-4-6-10(9)12/h3-8,14H,1-2H3,(H2,13,15). The molecule has 0 aliphatic carbocycles. The second kappa shape index (κ2) is 5.28. The molecule has 0 aromatic heterocycles. The minimum absolute atomic E-state index is 0.0862. The number of carbonyl (C=O) groups is 1. The molecule has 2 unspecified atom stereocenters. The molecule has 1 amide bonds. The highest BCUT2D eigenvalue weighted by Crippen LogP contribution is 2.22. The molecule has 0 saturated carbocycles. The first kappa shape index (κ1) is 12.2. The van der Waals surface area contributed by atoms with Crippen LogP contribution in [-0.4, -0.2) is 11.9 Å². The van der Waals surface area contributed by atoms with Crippen LogP contribution in [0.1, 0.15) is 25.5 Å². The van der Waals surface area contributed by atoms with Crippen molar-refractivity contribution in [2.24, 2.45) is 5.73 Å². The van der Waals surface area contributed by atoms with E-state index in [0.29, 0.717) is 0 Å². The lowest BCUT2D eigenvalue weighted by atomic mass is 10.1. The maximum Gasteiger partial charge on any atom is 0.234 e. The summed E-state index contributed by atoms with van der Waals surface area (Å²) >= 11 is 3.47. The highest BCUT2D eigenvalue weighted by molar-refractivity contribution is 9.10. The maximum absolute atomic E-state index is 10.9. The van der Waals surface area contributed by atoms with Crippen LogP contribution >= 0.6 is 15.9 Å². The molecule has 82 valence electrons. The molecule has 0 saturated heterocycles. The van der Waals surface area contributed by atoms with E-state index in [-0.39, 0.29) is 18.0 Å². The third-order valence-corrected chi connectivity index (χ3v) is 3.02. The van der Waals surface area contributed by atoms with Gasteiger partial charge in [-0.3, -0.25) is 10.1 Å². The Kier molecular flexibility index (Phi) is 4.29. The third-order valence-electron chi connectivity index (χ3n) is 2.30. The molecule has 0 heterocycles. The van der Waals surface area contributed by atoms with Gasteiger partial charge in [0, 0.05) is 10.5 Å². The van der Waals surface area contributed by atoms with Gasteiger partial charge in [-0.15, -0.1) is 0 Å². The Morgan fingerprint density at radius 1 is 1.40 bits per heavy atom. The third kappa shape index (κ3) is 3.32. The Morgan fingerprint density at radius 2 is 2.00 bits per heavy atom. The topological polar surface area (TPSA) is 55.1 Å². The minimum Gasteiger partial charge on any atom is -0.368 e. The molecule has 15 heavy (non-hydrogen) atoms. The van der Waals surface area contributed by atoms with Crippen molar-refractivity contribution in [2.45, 2.75) is 25.9 Å². The van der Waals surface area contributed by atoms with E-state index >= 15 is 0 Å². The first-order valence-electron chi connectivity index (χ1n) is 4.82. The van der Waals surface area contributed by atoms with E-state index < -0.39 is 0 Å². The van der Waals surface area contributed by atoms with Crippen LogP contribution in [0.4, 0.5) is 0 Å². The summed E-state index contributed by atoms with van der Waals surface area (Å²) in [4.78, 5) is 10.9. The zero-order valence-electron chi connectivity index (χ0n) is 8.83. The van der Waals surface area contributed by atoms with E-state index in [0.717, 1.165) is 10.0 Å². The van der Waals surface area contributed by atoms with Crippen LogP contribution in [0.3, 0.4) is 0 Å². The molecule has 1 aromatic rings. The fraction of sp³-hybridized carbons (Fsp3) is 0.364. The Bertz CT molecular complexity index is 354. The van der Waals surface area contributed by atoms with E-state index in [9.17, 15) is 4.79 Å². The summed E-state index contributed by atoms with van der Waals surface area (Å²) in [6.45, 7) is 3.76. The van der Waals surface area contributed by atoms with Gasteiger partial charge in [0.2, 0.25) is 5.91 Å². The molecule has 4 heteroatoms. The van der Waals surface area contributed by atoms with Crippen molar-refractivity contribution in [3.8, 4) is 0 Å². The smallest absolute Gasteiger partial charge is 0.234 e. The van der Waals surface area contributed by atoms with Crippen LogP contribution in [0.25, 0.3) is 0 Å². The van der Waals surface area contributed by atoms with Gasteiger partial charge in [0.25, 0.3) is 0 Å². The van der Waals surface area contributed by atoms with Crippen molar-refractivity contribution in [3.63, 3.8) is 0 Å². The van der Waals surface area contributed by atoms with Gasteiger partial charge in [-0.1, -0.05) is 34.1 Å². The van der Waals surface area contributed by atoms with Crippen molar-refractivity contribution >= 4 is 21.8 Å². The highest BCUT2D eigenvalue weighted by Gasteiger charge is 2.14. The molecule has 0 aliphatic rings. The van der Waals surface area contributed by atoms with Crippen molar-refractivity contribution in [1.82, 2.24) is 5.32 Å². The number of hydrogen-bond donors (Lipinski definition) is 2. The molecule has 0 spiro atoms. The van der Waals surface area contributed by atoms with Crippen LogP contribution in [0.2, 0.25) is 0 Å². The molecule has 3 nitrogen and oxygen atoms in total. The van der Waals surface area contributed by atoms with Crippen LogP contribution < -0.4 is 11.1 Å². The van der Waals surface area contributed by atoms with Gasteiger partial charge in [-0.25, -0.2) is 0 Å². The van der Waals surface area contributed by atoms with Gasteiger partial charge in [0.05, 0.1) is 6.04 Å². The van der Waals surface area contributed by atoms with Gasteiger partial charge in [-0.05, 0) is 25.5 Å². The monoisotopic (exact) mass is 270 g/mol. The molecule has 2 atom stereocenters. The Hall–Kier alpha value is -0.870. The van der Waals surface area contributed by atoms with Crippen molar-refractivity contribution in [3.05, 3.63) is 34.3 Å². The number of rotatable bonds is 4. The Labute approximate surface area is 98.2 Å². The number of halogens is 1. The number of carbonyl (C=O) groups excluding carboxylic acids is 1. The average Bonchev–Trinajstić information content (AvgIpc) is 2.18. The molecule has 3 N–H and O–H groups in total. The summed E-state index contributed by atoms with van der Waals surface area (Å²) in [5.41, 5.74) is 6.30. The summed E-state index contributed by atoms with van der Waals surface area (Å²) in [6.07, 6.45) is 0. The summed E-state index contributed by atoms with van der Waals surface area (Å²) in [6, 6.07) is 7.67. The van der Waals surface area contributed by atoms with Crippen molar-refractivity contribution in [2.75, 3.05) is 0 Å². The van der Waals surface area contributed by atoms with Crippen LogP contribution in [0.15, 0.2) is 28.7 Å². The zero-order chi connectivity index (χ0) is 11.4. The number of nitrogens with one attached hydrogen (secondary N) is 1. The molecular weight excluding hydrogens is 256 g/mol. The van der Waals surface area contributed by atoms with Gasteiger partial charge < -0.3 is 5.73 Å². The number of amides is 1. The number of benzene rings is 1. The van der Waals surface area contributed by atoms with Crippen LogP contribution in [0.5, 0.6) is 0 Å². The normalized spacial score (nSPS) is 14.6. The second-order valence-corrected chi connectivity index (χ2v) is 4.39. The van der Waals surface area contributed by atoms with E-state index in [4.69, 9.17) is 5.73 Å². The first-order valence-corrected chi connectivity index (χ1v) is 5.61. The van der Waals surface area contributed by atoms with Crippen LogP contribution in [-0.2, 0) is 4.79 Å². The number of nitrogens with two attached hydrogens (primary N) is 1. The van der Waals surface area contributed by atoms with Gasteiger partial charge in [-0.2, -0.15) is 0 Å². The molecule has 1 aromatic carbocycles. The lowest BCUT2D eigenvalue weighted by Crippen LogP contribution is -2.40. The lowest BCUT2D eigenvalue weighted by molar-refractivity contribution is -0.119. The van der Waals surface area contributed by atoms with Gasteiger partial charge in [0.15, 0.2) is 0 Å². The van der Waals surface area contributed by atoms with Crippen molar-refractivity contribution < 1.29 is 4.79 Å². The van der Waals surface area contributed by atoms with E-state index in [2.05, 4.69) is 21.2 Å². The molecular formula is C11H15BrN2O. The number of primary amides is 1. The fourth-order valence-corrected chi connectivity index (χ4v) is 2.00. The Balaban J connectivity index is 2.73. The second-order valence-electron chi connectivity index (χ2n) is 3.53.